The fourth-order valence-electron chi connectivity index (χ4n) is 5.02. The molecule has 0 saturated heterocycles. The lowest BCUT2D eigenvalue weighted by Gasteiger charge is -2.29. The molecular weight excluding hydrogens is 548 g/mol. The molecule has 0 aliphatic heterocycles. The number of methoxy groups -OCH3 is 1. The van der Waals surface area contributed by atoms with E-state index in [1.807, 2.05) is 67.6 Å². The van der Waals surface area contributed by atoms with Crippen molar-refractivity contribution in [1.29, 1.82) is 0 Å². The number of aryl methyl sites for hydroxylation is 1. The van der Waals surface area contributed by atoms with Gasteiger partial charge in [-0.1, -0.05) is 38.1 Å². The highest BCUT2D eigenvalue weighted by Crippen LogP contribution is 2.33. The first-order valence-corrected chi connectivity index (χ1v) is 15.8. The summed E-state index contributed by atoms with van der Waals surface area (Å²) in [5.74, 6) is 2.39. The molecule has 3 aromatic carbocycles. The van der Waals surface area contributed by atoms with Crippen molar-refractivity contribution < 1.29 is 19.0 Å². The molecule has 0 fully saturated rings. The number of aromatic nitrogens is 1. The number of unbranched alkanes of at least 4 members (excludes halogenated alkanes) is 1. The van der Waals surface area contributed by atoms with E-state index in [1.54, 1.807) is 7.11 Å². The van der Waals surface area contributed by atoms with Crippen molar-refractivity contribution in [3.63, 3.8) is 0 Å². The molecule has 0 atom stereocenters. The standard InChI is InChI=1S/C38H48N2O4/c1-9-37(4,5)43-30-23-18-27(33(25-30)44-38(6,7)10-2)15-13-14-24-39-36(41)34-26(3)35(28-19-21-29(42-8)22-20-28)40-32-17-12-11-16-31(32)34/h11-12,16-23,25H,9-10,13-15,24H2,1-8H3,(H,39,41). The van der Waals surface area contributed by atoms with E-state index in [4.69, 9.17) is 19.2 Å². The number of nitrogens with one attached hydrogen (secondary N) is 1. The van der Waals surface area contributed by atoms with Gasteiger partial charge in [0.05, 0.1) is 23.9 Å². The van der Waals surface area contributed by atoms with E-state index in [0.717, 1.165) is 82.6 Å². The summed E-state index contributed by atoms with van der Waals surface area (Å²) >= 11 is 0. The summed E-state index contributed by atoms with van der Waals surface area (Å²) in [7, 11) is 1.65. The second kappa shape index (κ2) is 14.1. The van der Waals surface area contributed by atoms with Gasteiger partial charge in [0.25, 0.3) is 5.91 Å². The highest BCUT2D eigenvalue weighted by molar-refractivity contribution is 6.08. The van der Waals surface area contributed by atoms with E-state index in [1.165, 1.54) is 0 Å². The van der Waals surface area contributed by atoms with Crippen LogP contribution in [-0.2, 0) is 6.42 Å². The van der Waals surface area contributed by atoms with Gasteiger partial charge in [-0.25, -0.2) is 4.98 Å². The van der Waals surface area contributed by atoms with E-state index in [2.05, 4.69) is 52.9 Å². The second-order valence-electron chi connectivity index (χ2n) is 12.6. The Labute approximate surface area is 263 Å². The van der Waals surface area contributed by atoms with Gasteiger partial charge in [-0.15, -0.1) is 0 Å². The van der Waals surface area contributed by atoms with Crippen LogP contribution in [0.25, 0.3) is 22.2 Å². The van der Waals surface area contributed by atoms with E-state index < -0.39 is 0 Å². The fraction of sp³-hybridized carbons (Fsp3) is 0.421. The predicted octanol–water partition coefficient (Wildman–Crippen LogP) is 9.11. The zero-order chi connectivity index (χ0) is 31.9. The highest BCUT2D eigenvalue weighted by Gasteiger charge is 2.22. The van der Waals surface area contributed by atoms with Crippen LogP contribution in [0.1, 0.15) is 88.7 Å². The third-order valence-corrected chi connectivity index (χ3v) is 8.41. The Kier molecular flexibility index (Phi) is 10.6. The topological polar surface area (TPSA) is 69.7 Å². The molecular formula is C38H48N2O4. The number of ether oxygens (including phenoxy) is 3. The van der Waals surface area contributed by atoms with Crippen LogP contribution in [0.3, 0.4) is 0 Å². The monoisotopic (exact) mass is 596 g/mol. The lowest BCUT2D eigenvalue weighted by atomic mass is 9.97. The van der Waals surface area contributed by atoms with Gasteiger partial charge in [0, 0.05) is 23.6 Å². The van der Waals surface area contributed by atoms with Gasteiger partial charge in [-0.2, -0.15) is 0 Å². The van der Waals surface area contributed by atoms with Crippen LogP contribution in [0.15, 0.2) is 66.7 Å². The summed E-state index contributed by atoms with van der Waals surface area (Å²) < 4.78 is 18.1. The van der Waals surface area contributed by atoms with Crippen molar-refractivity contribution in [3.8, 4) is 28.5 Å². The molecule has 6 nitrogen and oxygen atoms in total. The fourth-order valence-corrected chi connectivity index (χ4v) is 5.02. The van der Waals surface area contributed by atoms with Crippen LogP contribution in [0, 0.1) is 6.92 Å². The van der Waals surface area contributed by atoms with Crippen LogP contribution < -0.4 is 19.5 Å². The van der Waals surface area contributed by atoms with Gasteiger partial charge in [0.2, 0.25) is 0 Å². The van der Waals surface area contributed by atoms with Crippen molar-refractivity contribution >= 4 is 16.8 Å². The van der Waals surface area contributed by atoms with E-state index in [9.17, 15) is 4.79 Å². The molecule has 1 N–H and O–H groups in total. The molecule has 0 saturated carbocycles. The molecule has 0 aliphatic rings. The normalized spacial score (nSPS) is 11.8. The first-order chi connectivity index (χ1) is 21.0. The molecule has 4 aromatic rings. The Morgan fingerprint density at radius 3 is 2.18 bits per heavy atom. The van der Waals surface area contributed by atoms with E-state index >= 15 is 0 Å². The van der Waals surface area contributed by atoms with E-state index in [0.29, 0.717) is 12.1 Å². The number of carbonyl (C=O) groups excluding carboxylic acids is 1. The van der Waals surface area contributed by atoms with Gasteiger partial charge in [-0.3, -0.25) is 4.79 Å². The van der Waals surface area contributed by atoms with Crippen molar-refractivity contribution in [2.24, 2.45) is 0 Å². The average Bonchev–Trinajstić information content (AvgIpc) is 3.01. The predicted molar refractivity (Wildman–Crippen MR) is 180 cm³/mol. The third-order valence-electron chi connectivity index (χ3n) is 8.41. The SMILES string of the molecule is CCC(C)(C)Oc1ccc(CCCCNC(=O)c2c(C)c(-c3ccc(OC)cc3)nc3ccccc23)c(OC(C)(C)CC)c1. The maximum absolute atomic E-state index is 13.6. The molecule has 0 spiro atoms. The lowest BCUT2D eigenvalue weighted by molar-refractivity contribution is 0.0942. The summed E-state index contributed by atoms with van der Waals surface area (Å²) in [4.78, 5) is 18.5. The van der Waals surface area contributed by atoms with Crippen LogP contribution in [0.4, 0.5) is 0 Å². The van der Waals surface area contributed by atoms with Crippen LogP contribution in [-0.4, -0.2) is 35.7 Å². The summed E-state index contributed by atoms with van der Waals surface area (Å²) in [5, 5.41) is 4.04. The number of rotatable bonds is 14. The minimum atomic E-state index is -0.280. The number of fused-ring (bicyclic) bond motifs is 1. The van der Waals surface area contributed by atoms with Crippen LogP contribution in [0.5, 0.6) is 17.2 Å². The largest absolute Gasteiger partial charge is 0.497 e. The Bertz CT molecular complexity index is 1570. The van der Waals surface area contributed by atoms with Gasteiger partial charge in [0.1, 0.15) is 28.5 Å². The van der Waals surface area contributed by atoms with Crippen molar-refractivity contribution in [3.05, 3.63) is 83.4 Å². The quantitative estimate of drug-likeness (QED) is 0.147. The zero-order valence-electron chi connectivity index (χ0n) is 27.7. The summed E-state index contributed by atoms with van der Waals surface area (Å²) in [6.07, 6.45) is 4.41. The molecule has 1 amide bonds. The van der Waals surface area contributed by atoms with Gasteiger partial charge in [0.15, 0.2) is 0 Å². The van der Waals surface area contributed by atoms with Gasteiger partial charge >= 0.3 is 0 Å². The number of hydrogen-bond donors (Lipinski definition) is 1. The number of amides is 1. The Hall–Kier alpha value is -4.06. The van der Waals surface area contributed by atoms with Gasteiger partial charge < -0.3 is 19.5 Å². The second-order valence-corrected chi connectivity index (χ2v) is 12.6. The Balaban J connectivity index is 1.46. The third kappa shape index (κ3) is 8.10. The zero-order valence-corrected chi connectivity index (χ0v) is 27.7. The molecule has 234 valence electrons. The number of pyridine rings is 1. The number of para-hydroxylation sites is 1. The molecule has 1 aromatic heterocycles. The average molecular weight is 597 g/mol. The number of hydrogen-bond acceptors (Lipinski definition) is 5. The first kappa shape index (κ1) is 32.8. The molecule has 0 unspecified atom stereocenters. The molecule has 0 radical (unpaired) electrons. The molecule has 1 heterocycles. The molecule has 0 bridgehead atoms. The maximum atomic E-state index is 13.6. The summed E-state index contributed by atoms with van der Waals surface area (Å²) in [5.41, 5.74) is 4.70. The smallest absolute Gasteiger partial charge is 0.252 e. The highest BCUT2D eigenvalue weighted by atomic mass is 16.5. The summed E-state index contributed by atoms with van der Waals surface area (Å²) in [6, 6.07) is 21.8. The van der Waals surface area contributed by atoms with Crippen molar-refractivity contribution in [2.75, 3.05) is 13.7 Å². The Morgan fingerprint density at radius 2 is 1.50 bits per heavy atom. The molecule has 4 rings (SSSR count). The molecule has 6 heteroatoms. The number of nitrogens with zero attached hydrogens (tertiary/aromatic N) is 1. The molecule has 44 heavy (non-hydrogen) atoms. The van der Waals surface area contributed by atoms with Crippen LogP contribution in [0.2, 0.25) is 0 Å². The Morgan fingerprint density at radius 1 is 0.841 bits per heavy atom. The minimum Gasteiger partial charge on any atom is -0.497 e. The van der Waals surface area contributed by atoms with E-state index in [-0.39, 0.29) is 17.1 Å². The minimum absolute atomic E-state index is 0.0791. The molecule has 0 aliphatic carbocycles. The number of benzene rings is 3. The van der Waals surface area contributed by atoms with Crippen molar-refractivity contribution in [2.45, 2.75) is 91.8 Å². The first-order valence-electron chi connectivity index (χ1n) is 15.8. The maximum Gasteiger partial charge on any atom is 0.252 e. The van der Waals surface area contributed by atoms with Crippen molar-refractivity contribution in [1.82, 2.24) is 10.3 Å². The number of carbonyl (C=O) groups is 1. The van der Waals surface area contributed by atoms with Gasteiger partial charge in [-0.05, 0) is 114 Å². The van der Waals surface area contributed by atoms with Crippen LogP contribution >= 0.6 is 0 Å². The lowest BCUT2D eigenvalue weighted by Crippen LogP contribution is -2.28. The summed E-state index contributed by atoms with van der Waals surface area (Å²) in [6.45, 7) is 15.2.